The largest absolute Gasteiger partial charge is 0.478 e. The minimum Gasteiger partial charge on any atom is -0.478 e. The Morgan fingerprint density at radius 2 is 1.93 bits per heavy atom. The van der Waals surface area contributed by atoms with E-state index in [-0.39, 0.29) is 5.56 Å². The molecule has 0 saturated carbocycles. The molecule has 3 N–H and O–H groups in total. The van der Waals surface area contributed by atoms with Gasteiger partial charge in [-0.3, -0.25) is 0 Å². The molecule has 0 unspecified atom stereocenters. The number of carboxylic acid groups (broad SMARTS) is 1. The Labute approximate surface area is 162 Å². The molecule has 0 amide bonds. The van der Waals surface area contributed by atoms with Crippen molar-refractivity contribution < 1.29 is 14.6 Å². The lowest BCUT2D eigenvalue weighted by Gasteiger charge is -2.18. The van der Waals surface area contributed by atoms with E-state index in [2.05, 4.69) is 17.6 Å². The van der Waals surface area contributed by atoms with Crippen molar-refractivity contribution in [1.29, 1.82) is 0 Å². The van der Waals surface area contributed by atoms with Gasteiger partial charge in [0.25, 0.3) is 0 Å². The molecule has 0 atom stereocenters. The van der Waals surface area contributed by atoms with E-state index in [1.54, 1.807) is 23.5 Å². The number of carboxylic acids is 1. The number of unbranched alkanes of at least 4 members (excludes halogenated alkanes) is 1. The summed E-state index contributed by atoms with van der Waals surface area (Å²) >= 11 is 1.56. The van der Waals surface area contributed by atoms with Crippen LogP contribution in [0.5, 0.6) is 11.5 Å². The lowest BCUT2D eigenvalue weighted by molar-refractivity contribution is 0.0697. The van der Waals surface area contributed by atoms with Gasteiger partial charge < -0.3 is 20.5 Å². The van der Waals surface area contributed by atoms with Crippen molar-refractivity contribution in [1.82, 2.24) is 0 Å². The molecule has 0 aliphatic heterocycles. The first-order chi connectivity index (χ1) is 13.2. The maximum atomic E-state index is 11.6. The van der Waals surface area contributed by atoms with Gasteiger partial charge in [0, 0.05) is 17.6 Å². The third-order valence-corrected chi connectivity index (χ3v) is 4.63. The summed E-state index contributed by atoms with van der Waals surface area (Å²) < 4.78 is 6.14. The maximum Gasteiger partial charge on any atom is 0.335 e. The number of ether oxygens (including phenoxy) is 1. The van der Waals surface area contributed by atoms with E-state index < -0.39 is 5.97 Å². The van der Waals surface area contributed by atoms with Crippen molar-refractivity contribution in [3.63, 3.8) is 0 Å². The van der Waals surface area contributed by atoms with Crippen LogP contribution in [0.25, 0.3) is 0 Å². The minimum absolute atomic E-state index is 0.201. The number of thiophene rings is 1. The van der Waals surface area contributed by atoms with Crippen LogP contribution in [0.2, 0.25) is 0 Å². The fourth-order valence-corrected chi connectivity index (χ4v) is 3.17. The Bertz CT molecular complexity index is 880. The SMILES string of the molecule is CCCCNc1cc(C(=O)O)cc(Nc2ccsc2)c1Oc1ccccc1. The number of para-hydroxylation sites is 1. The lowest BCUT2D eigenvalue weighted by Crippen LogP contribution is -2.07. The Balaban J connectivity index is 2.04. The quantitative estimate of drug-likeness (QED) is 0.385. The zero-order valence-electron chi connectivity index (χ0n) is 15.1. The smallest absolute Gasteiger partial charge is 0.335 e. The highest BCUT2D eigenvalue weighted by molar-refractivity contribution is 7.08. The summed E-state index contributed by atoms with van der Waals surface area (Å²) in [6.07, 6.45) is 2.02. The molecule has 0 aliphatic rings. The van der Waals surface area contributed by atoms with Gasteiger partial charge in [0.05, 0.1) is 16.9 Å². The first-order valence-electron chi connectivity index (χ1n) is 8.84. The normalized spacial score (nSPS) is 10.4. The molecule has 0 spiro atoms. The van der Waals surface area contributed by atoms with Crippen LogP contribution in [0.4, 0.5) is 17.1 Å². The Kier molecular flexibility index (Phi) is 6.33. The van der Waals surface area contributed by atoms with E-state index in [1.807, 2.05) is 47.2 Å². The molecule has 0 fully saturated rings. The predicted octanol–water partition coefficient (Wildman–Crippen LogP) is 6.19. The van der Waals surface area contributed by atoms with E-state index in [1.165, 1.54) is 0 Å². The summed E-state index contributed by atoms with van der Waals surface area (Å²) in [5, 5.41) is 20.0. The van der Waals surface area contributed by atoms with Gasteiger partial charge in [-0.2, -0.15) is 11.3 Å². The highest BCUT2D eigenvalue weighted by Crippen LogP contribution is 2.40. The van der Waals surface area contributed by atoms with Crippen LogP contribution in [-0.2, 0) is 0 Å². The lowest BCUT2D eigenvalue weighted by atomic mass is 10.1. The van der Waals surface area contributed by atoms with Crippen LogP contribution in [0.3, 0.4) is 0 Å². The molecule has 3 rings (SSSR count). The third-order valence-electron chi connectivity index (χ3n) is 3.94. The van der Waals surface area contributed by atoms with Crippen molar-refractivity contribution in [3.05, 3.63) is 64.9 Å². The van der Waals surface area contributed by atoms with E-state index in [4.69, 9.17) is 4.74 Å². The molecule has 140 valence electrons. The van der Waals surface area contributed by atoms with E-state index in [0.717, 1.165) is 25.1 Å². The van der Waals surface area contributed by atoms with Crippen molar-refractivity contribution in [2.45, 2.75) is 19.8 Å². The highest BCUT2D eigenvalue weighted by Gasteiger charge is 2.17. The van der Waals surface area contributed by atoms with Gasteiger partial charge in [-0.15, -0.1) is 0 Å². The number of hydrogen-bond donors (Lipinski definition) is 3. The summed E-state index contributed by atoms with van der Waals surface area (Å²) in [5.41, 5.74) is 2.35. The van der Waals surface area contributed by atoms with E-state index in [9.17, 15) is 9.90 Å². The molecule has 0 aliphatic carbocycles. The van der Waals surface area contributed by atoms with E-state index >= 15 is 0 Å². The highest BCUT2D eigenvalue weighted by atomic mass is 32.1. The zero-order chi connectivity index (χ0) is 19.1. The molecule has 0 saturated heterocycles. The minimum atomic E-state index is -0.979. The number of anilines is 3. The van der Waals surface area contributed by atoms with Crippen molar-refractivity contribution in [2.75, 3.05) is 17.2 Å². The average Bonchev–Trinajstić information content (AvgIpc) is 3.18. The van der Waals surface area contributed by atoms with Crippen LogP contribution in [-0.4, -0.2) is 17.6 Å². The monoisotopic (exact) mass is 382 g/mol. The van der Waals surface area contributed by atoms with Crippen LogP contribution in [0, 0.1) is 0 Å². The average molecular weight is 382 g/mol. The fourth-order valence-electron chi connectivity index (χ4n) is 2.58. The van der Waals surface area contributed by atoms with Gasteiger partial charge in [0.2, 0.25) is 0 Å². The predicted molar refractivity (Wildman–Crippen MR) is 111 cm³/mol. The van der Waals surface area contributed by atoms with Gasteiger partial charge in [0.15, 0.2) is 5.75 Å². The number of aromatic carboxylic acids is 1. The zero-order valence-corrected chi connectivity index (χ0v) is 15.9. The molecule has 1 heterocycles. The maximum absolute atomic E-state index is 11.6. The number of nitrogens with one attached hydrogen (secondary N) is 2. The van der Waals surface area contributed by atoms with Crippen LogP contribution >= 0.6 is 11.3 Å². The second kappa shape index (κ2) is 9.09. The Hall–Kier alpha value is -2.99. The standard InChI is InChI=1S/C21H22N2O3S/c1-2-3-10-22-18-12-15(21(24)25)13-19(23-16-9-11-27-14-16)20(18)26-17-7-5-4-6-8-17/h4-9,11-14,22-23H,2-3,10H2,1H3,(H,24,25). The Morgan fingerprint density at radius 3 is 2.59 bits per heavy atom. The molecule has 2 aromatic carbocycles. The van der Waals surface area contributed by atoms with Crippen LogP contribution in [0.1, 0.15) is 30.1 Å². The van der Waals surface area contributed by atoms with Crippen molar-refractivity contribution >= 4 is 34.4 Å². The molecule has 0 radical (unpaired) electrons. The van der Waals surface area contributed by atoms with Crippen molar-refractivity contribution in [2.24, 2.45) is 0 Å². The summed E-state index contributed by atoms with van der Waals surface area (Å²) in [6, 6.07) is 14.6. The van der Waals surface area contributed by atoms with E-state index in [0.29, 0.717) is 22.9 Å². The summed E-state index contributed by atoms with van der Waals surface area (Å²) in [6.45, 7) is 2.85. The second-order valence-corrected chi connectivity index (χ2v) is 6.82. The first kappa shape index (κ1) is 18.8. The van der Waals surface area contributed by atoms with Gasteiger partial charge in [-0.05, 0) is 42.1 Å². The first-order valence-corrected chi connectivity index (χ1v) is 9.79. The summed E-state index contributed by atoms with van der Waals surface area (Å²) in [4.78, 5) is 11.6. The molecular weight excluding hydrogens is 360 g/mol. The molecule has 0 bridgehead atoms. The second-order valence-electron chi connectivity index (χ2n) is 6.04. The third kappa shape index (κ3) is 5.01. The molecule has 6 heteroatoms. The van der Waals surface area contributed by atoms with Crippen LogP contribution in [0.15, 0.2) is 59.3 Å². The molecule has 5 nitrogen and oxygen atoms in total. The Morgan fingerprint density at radius 1 is 1.15 bits per heavy atom. The number of carbonyl (C=O) groups is 1. The molecule has 1 aromatic heterocycles. The summed E-state index contributed by atoms with van der Waals surface area (Å²) in [5.74, 6) is 0.286. The fraction of sp³-hybridized carbons (Fsp3) is 0.190. The molecule has 3 aromatic rings. The summed E-state index contributed by atoms with van der Waals surface area (Å²) in [7, 11) is 0. The van der Waals surface area contributed by atoms with Crippen molar-refractivity contribution in [3.8, 4) is 11.5 Å². The number of hydrogen-bond acceptors (Lipinski definition) is 5. The van der Waals surface area contributed by atoms with Gasteiger partial charge in [-0.25, -0.2) is 4.79 Å². The van der Waals surface area contributed by atoms with Gasteiger partial charge in [-0.1, -0.05) is 31.5 Å². The molecular formula is C21H22N2O3S. The number of benzene rings is 2. The van der Waals surface area contributed by atoms with Crippen LogP contribution < -0.4 is 15.4 Å². The molecule has 27 heavy (non-hydrogen) atoms. The number of rotatable bonds is 9. The van der Waals surface area contributed by atoms with Gasteiger partial charge >= 0.3 is 5.97 Å². The van der Waals surface area contributed by atoms with Gasteiger partial charge in [0.1, 0.15) is 5.75 Å². The topological polar surface area (TPSA) is 70.6 Å².